The van der Waals surface area contributed by atoms with E-state index in [4.69, 9.17) is 24.7 Å². The second kappa shape index (κ2) is 20.8. The Morgan fingerprint density at radius 3 is 2.24 bits per heavy atom. The fourth-order valence-electron chi connectivity index (χ4n) is 5.89. The van der Waals surface area contributed by atoms with Crippen molar-refractivity contribution < 1.29 is 33.6 Å². The third kappa shape index (κ3) is 13.4. The number of hydrogen-bond donors (Lipinski definition) is 4. The van der Waals surface area contributed by atoms with Gasteiger partial charge in [-0.05, 0) is 79.4 Å². The molecule has 0 saturated carbocycles. The smallest absolute Gasteiger partial charge is 0.237 e. The van der Waals surface area contributed by atoms with E-state index in [1.165, 1.54) is 0 Å². The molecule has 0 spiro atoms. The van der Waals surface area contributed by atoms with E-state index in [1.54, 1.807) is 14.2 Å². The Labute approximate surface area is 277 Å². The van der Waals surface area contributed by atoms with Gasteiger partial charge in [0, 0.05) is 45.8 Å². The van der Waals surface area contributed by atoms with Gasteiger partial charge in [-0.25, -0.2) is 0 Å². The average Bonchev–Trinajstić information content (AvgIpc) is 3.03. The second-order valence-corrected chi connectivity index (χ2v) is 14.0. The number of carbonyl (C=O) groups is 2. The molecular formula is C36H63N3O7. The fourth-order valence-corrected chi connectivity index (χ4v) is 5.89. The summed E-state index contributed by atoms with van der Waals surface area (Å²) in [6.07, 6.45) is 3.19. The van der Waals surface area contributed by atoms with Crippen LogP contribution in [0.5, 0.6) is 11.5 Å². The van der Waals surface area contributed by atoms with Gasteiger partial charge in [0.25, 0.3) is 0 Å². The molecule has 264 valence electrons. The zero-order valence-electron chi connectivity index (χ0n) is 29.7. The van der Waals surface area contributed by atoms with Crippen molar-refractivity contribution >= 4 is 11.8 Å². The number of aliphatic hydroxyl groups excluding tert-OH is 1. The lowest BCUT2D eigenvalue weighted by atomic mass is 9.80. The lowest BCUT2D eigenvalue weighted by Gasteiger charge is -2.33. The van der Waals surface area contributed by atoms with Crippen LogP contribution in [0.25, 0.3) is 0 Å². The zero-order chi connectivity index (χ0) is 34.2. The molecule has 5 N–H and O–H groups in total. The molecule has 1 aromatic rings. The van der Waals surface area contributed by atoms with Crippen molar-refractivity contribution in [3.8, 4) is 11.5 Å². The van der Waals surface area contributed by atoms with Crippen LogP contribution in [-0.2, 0) is 25.5 Å². The van der Waals surface area contributed by atoms with Gasteiger partial charge in [0.2, 0.25) is 11.8 Å². The first-order valence-corrected chi connectivity index (χ1v) is 17.3. The lowest BCUT2D eigenvalue weighted by Crippen LogP contribution is -2.53. The van der Waals surface area contributed by atoms with Crippen molar-refractivity contribution in [1.29, 1.82) is 0 Å². The molecule has 0 aliphatic carbocycles. The van der Waals surface area contributed by atoms with Crippen LogP contribution in [0, 0.1) is 35.5 Å². The van der Waals surface area contributed by atoms with E-state index in [0.29, 0.717) is 50.0 Å². The summed E-state index contributed by atoms with van der Waals surface area (Å²) in [5.74, 6) is 1.33. The number of benzene rings is 1. The van der Waals surface area contributed by atoms with Gasteiger partial charge >= 0.3 is 0 Å². The third-order valence-electron chi connectivity index (χ3n) is 9.33. The molecule has 1 aliphatic rings. The van der Waals surface area contributed by atoms with Crippen LogP contribution in [0.2, 0.25) is 0 Å². The summed E-state index contributed by atoms with van der Waals surface area (Å²) >= 11 is 0. The average molecular weight is 650 g/mol. The van der Waals surface area contributed by atoms with Crippen LogP contribution in [0.1, 0.15) is 79.2 Å². The van der Waals surface area contributed by atoms with Crippen LogP contribution in [0.4, 0.5) is 0 Å². The minimum absolute atomic E-state index is 0.0149. The number of methoxy groups -OCH3 is 2. The molecule has 0 aromatic heterocycles. The van der Waals surface area contributed by atoms with Crippen LogP contribution in [0.3, 0.4) is 0 Å². The molecule has 1 aliphatic heterocycles. The maximum atomic E-state index is 13.4. The molecule has 1 heterocycles. The largest absolute Gasteiger partial charge is 0.493 e. The maximum Gasteiger partial charge on any atom is 0.237 e. The summed E-state index contributed by atoms with van der Waals surface area (Å²) < 4.78 is 22.1. The number of ether oxygens (including phenoxy) is 4. The molecule has 0 bridgehead atoms. The molecule has 2 amide bonds. The van der Waals surface area contributed by atoms with Gasteiger partial charge in [-0.1, -0.05) is 47.6 Å². The number of nitrogens with two attached hydrogens (primary N) is 1. The number of nitrogens with one attached hydrogen (secondary N) is 2. The molecular weight excluding hydrogens is 586 g/mol. The highest BCUT2D eigenvalue weighted by Gasteiger charge is 2.33. The molecule has 5 atom stereocenters. The van der Waals surface area contributed by atoms with Gasteiger partial charge in [-0.2, -0.15) is 0 Å². The number of amides is 2. The summed E-state index contributed by atoms with van der Waals surface area (Å²) in [5.41, 5.74) is 7.31. The minimum atomic E-state index is -0.929. The SMILES string of the molecule is COCCCOc1cc(C[C@@H](C[C@H](NC(=O)[C@@H](N)C(C)C)[C@@H](O)C[C@H](C(=O)NCC2CCOCC2)C(C)C)C(C)C)ccc1OC. The monoisotopic (exact) mass is 649 g/mol. The van der Waals surface area contributed by atoms with E-state index >= 15 is 0 Å². The maximum absolute atomic E-state index is 13.4. The van der Waals surface area contributed by atoms with E-state index in [2.05, 4.69) is 24.5 Å². The molecule has 10 heteroatoms. The van der Waals surface area contributed by atoms with Gasteiger partial charge in [-0.3, -0.25) is 9.59 Å². The Balaban J connectivity index is 2.24. The first kappa shape index (κ1) is 39.8. The number of rotatable bonds is 21. The molecule has 1 fully saturated rings. The Morgan fingerprint density at radius 2 is 1.65 bits per heavy atom. The number of aliphatic hydroxyl groups is 1. The quantitative estimate of drug-likeness (QED) is 0.144. The molecule has 10 nitrogen and oxygen atoms in total. The van der Waals surface area contributed by atoms with Crippen molar-refractivity contribution in [1.82, 2.24) is 10.6 Å². The van der Waals surface area contributed by atoms with Crippen molar-refractivity contribution in [3.05, 3.63) is 23.8 Å². The molecule has 46 heavy (non-hydrogen) atoms. The lowest BCUT2D eigenvalue weighted by molar-refractivity contribution is -0.128. The van der Waals surface area contributed by atoms with Crippen molar-refractivity contribution in [2.45, 2.75) is 98.3 Å². The Hall–Kier alpha value is -2.40. The summed E-state index contributed by atoms with van der Waals surface area (Å²) in [6.45, 7) is 15.3. The Bertz CT molecular complexity index is 1030. The van der Waals surface area contributed by atoms with Crippen LogP contribution in [-0.4, -0.2) is 82.3 Å². The first-order valence-electron chi connectivity index (χ1n) is 17.3. The summed E-state index contributed by atoms with van der Waals surface area (Å²) in [6, 6.07) is 4.69. The first-order chi connectivity index (χ1) is 21.9. The van der Waals surface area contributed by atoms with Crippen LogP contribution in [0.15, 0.2) is 18.2 Å². The van der Waals surface area contributed by atoms with Gasteiger partial charge in [-0.15, -0.1) is 0 Å². The number of carbonyl (C=O) groups excluding carboxylic acids is 2. The van der Waals surface area contributed by atoms with Crippen molar-refractivity contribution in [3.63, 3.8) is 0 Å². The molecule has 1 aromatic carbocycles. The molecule has 0 unspecified atom stereocenters. The third-order valence-corrected chi connectivity index (χ3v) is 9.33. The summed E-state index contributed by atoms with van der Waals surface area (Å²) in [5, 5.41) is 17.9. The van der Waals surface area contributed by atoms with Gasteiger partial charge in [0.05, 0.1) is 31.9 Å². The number of hydrogen-bond acceptors (Lipinski definition) is 8. The topological polar surface area (TPSA) is 141 Å². The highest BCUT2D eigenvalue weighted by molar-refractivity contribution is 5.82. The predicted molar refractivity (Wildman–Crippen MR) is 182 cm³/mol. The second-order valence-electron chi connectivity index (χ2n) is 14.0. The molecule has 0 radical (unpaired) electrons. The highest BCUT2D eigenvalue weighted by Crippen LogP contribution is 2.32. The van der Waals surface area contributed by atoms with Crippen LogP contribution >= 0.6 is 0 Å². The van der Waals surface area contributed by atoms with E-state index in [0.717, 1.165) is 38.0 Å². The van der Waals surface area contributed by atoms with Gasteiger partial charge in [0.1, 0.15) is 0 Å². The zero-order valence-corrected chi connectivity index (χ0v) is 29.7. The van der Waals surface area contributed by atoms with Crippen molar-refractivity contribution in [2.24, 2.45) is 41.2 Å². The standard InChI is InChI=1S/C36H63N3O7/c1-23(2)28(18-27-10-11-32(44-8)33(19-27)46-15-9-14-43-7)20-30(39-36(42)34(37)25(5)6)31(40)21-29(24(3)4)35(41)38-22-26-12-16-45-17-13-26/h10-11,19,23-26,28-31,34,40H,9,12-18,20-22,37H2,1-8H3,(H,38,41)(H,39,42)/t28-,29-,30-,31-,34-/m0/s1. The normalized spacial score (nSPS) is 17.4. The van der Waals surface area contributed by atoms with E-state index in [1.807, 2.05) is 45.9 Å². The molecule has 1 saturated heterocycles. The Morgan fingerprint density at radius 1 is 0.957 bits per heavy atom. The van der Waals surface area contributed by atoms with Crippen LogP contribution < -0.4 is 25.8 Å². The van der Waals surface area contributed by atoms with E-state index in [9.17, 15) is 14.7 Å². The predicted octanol–water partition coefficient (Wildman–Crippen LogP) is 4.35. The molecule has 2 rings (SSSR count). The summed E-state index contributed by atoms with van der Waals surface area (Å²) in [7, 11) is 3.29. The van der Waals surface area contributed by atoms with Gasteiger partial charge in [0.15, 0.2) is 11.5 Å². The fraction of sp³-hybridized carbons (Fsp3) is 0.778. The van der Waals surface area contributed by atoms with E-state index < -0.39 is 24.1 Å². The Kier molecular flexibility index (Phi) is 17.9. The van der Waals surface area contributed by atoms with Gasteiger partial charge < -0.3 is 40.4 Å². The minimum Gasteiger partial charge on any atom is -0.493 e. The van der Waals surface area contributed by atoms with E-state index in [-0.39, 0.29) is 41.9 Å². The van der Waals surface area contributed by atoms with Crippen molar-refractivity contribution in [2.75, 3.05) is 47.2 Å². The summed E-state index contributed by atoms with van der Waals surface area (Å²) in [4.78, 5) is 26.6. The highest BCUT2D eigenvalue weighted by atomic mass is 16.5.